The fourth-order valence-electron chi connectivity index (χ4n) is 4.27. The van der Waals surface area contributed by atoms with Crippen molar-refractivity contribution in [3.63, 3.8) is 0 Å². The predicted molar refractivity (Wildman–Crippen MR) is 124 cm³/mol. The highest BCUT2D eigenvalue weighted by atomic mass is 35.5. The van der Waals surface area contributed by atoms with Gasteiger partial charge in [0.15, 0.2) is 0 Å². The number of halogens is 1. The van der Waals surface area contributed by atoms with Crippen LogP contribution in [0.3, 0.4) is 0 Å². The largest absolute Gasteiger partial charge is 0.339 e. The minimum Gasteiger partial charge on any atom is -0.339 e. The Labute approximate surface area is 187 Å². The molecule has 1 saturated heterocycles. The van der Waals surface area contributed by atoms with Gasteiger partial charge in [0, 0.05) is 46.8 Å². The second kappa shape index (κ2) is 8.98. The smallest absolute Gasteiger partial charge is 0.255 e. The Morgan fingerprint density at radius 2 is 1.68 bits per heavy atom. The Morgan fingerprint density at radius 3 is 2.35 bits per heavy atom. The average Bonchev–Trinajstić information content (AvgIpc) is 3.08. The van der Waals surface area contributed by atoms with Crippen molar-refractivity contribution in [2.75, 3.05) is 18.4 Å². The maximum atomic E-state index is 13.2. The molecule has 0 aliphatic carbocycles. The Balaban J connectivity index is 1.43. The molecule has 31 heavy (non-hydrogen) atoms. The number of para-hydroxylation sites is 1. The highest BCUT2D eigenvalue weighted by Gasteiger charge is 2.29. The third-order valence-electron chi connectivity index (χ3n) is 5.92. The molecular formula is C25H26ClN3O2. The zero-order valence-corrected chi connectivity index (χ0v) is 18.5. The van der Waals surface area contributed by atoms with Crippen molar-refractivity contribution in [3.8, 4) is 5.69 Å². The molecule has 0 unspecified atom stereocenters. The van der Waals surface area contributed by atoms with Gasteiger partial charge < -0.3 is 14.8 Å². The number of benzene rings is 2. The molecule has 0 radical (unpaired) electrons. The number of nitrogens with zero attached hydrogens (tertiary/aromatic N) is 2. The number of anilines is 1. The van der Waals surface area contributed by atoms with Crippen LogP contribution in [0.15, 0.2) is 60.7 Å². The summed E-state index contributed by atoms with van der Waals surface area (Å²) in [5.41, 5.74) is 4.33. The molecule has 1 aliphatic rings. The molecule has 1 fully saturated rings. The third-order valence-corrected chi connectivity index (χ3v) is 6.16. The van der Waals surface area contributed by atoms with E-state index in [4.69, 9.17) is 11.6 Å². The van der Waals surface area contributed by atoms with Crippen LogP contribution in [0.25, 0.3) is 5.69 Å². The molecule has 0 bridgehead atoms. The minimum absolute atomic E-state index is 0.0169. The molecule has 1 N–H and O–H groups in total. The van der Waals surface area contributed by atoms with Gasteiger partial charge in [-0.05, 0) is 63.1 Å². The molecule has 1 aromatic heterocycles. The van der Waals surface area contributed by atoms with Gasteiger partial charge in [0.2, 0.25) is 5.91 Å². The average molecular weight is 436 g/mol. The Morgan fingerprint density at radius 1 is 0.968 bits per heavy atom. The van der Waals surface area contributed by atoms with Gasteiger partial charge in [0.05, 0.1) is 5.56 Å². The Bertz CT molecular complexity index is 1100. The fourth-order valence-corrected chi connectivity index (χ4v) is 4.46. The number of nitrogens with one attached hydrogen (secondary N) is 1. The quantitative estimate of drug-likeness (QED) is 0.609. The molecule has 2 aromatic carbocycles. The number of likely N-dealkylation sites (tertiary alicyclic amines) is 1. The van der Waals surface area contributed by atoms with E-state index in [0.29, 0.717) is 36.5 Å². The van der Waals surface area contributed by atoms with E-state index in [0.717, 1.165) is 22.8 Å². The number of carbonyl (C=O) groups excluding carboxylic acids is 2. The van der Waals surface area contributed by atoms with Gasteiger partial charge in [-0.15, -0.1) is 0 Å². The van der Waals surface area contributed by atoms with Crippen LogP contribution in [0.5, 0.6) is 0 Å². The second-order valence-electron chi connectivity index (χ2n) is 8.02. The van der Waals surface area contributed by atoms with E-state index in [1.807, 2.05) is 79.4 Å². The lowest BCUT2D eigenvalue weighted by Gasteiger charge is -2.31. The maximum absolute atomic E-state index is 13.2. The number of hydrogen-bond donors (Lipinski definition) is 1. The van der Waals surface area contributed by atoms with Crippen LogP contribution in [0.1, 0.15) is 34.6 Å². The van der Waals surface area contributed by atoms with Gasteiger partial charge >= 0.3 is 0 Å². The molecule has 5 nitrogen and oxygen atoms in total. The molecule has 0 spiro atoms. The van der Waals surface area contributed by atoms with E-state index >= 15 is 0 Å². The second-order valence-corrected chi connectivity index (χ2v) is 8.46. The molecule has 1 aliphatic heterocycles. The Kier molecular flexibility index (Phi) is 6.14. The molecule has 4 rings (SSSR count). The van der Waals surface area contributed by atoms with E-state index in [-0.39, 0.29) is 17.7 Å². The number of amides is 2. The lowest BCUT2D eigenvalue weighted by molar-refractivity contribution is -0.121. The van der Waals surface area contributed by atoms with Gasteiger partial charge in [-0.3, -0.25) is 9.59 Å². The van der Waals surface area contributed by atoms with Crippen LogP contribution in [-0.4, -0.2) is 34.4 Å². The van der Waals surface area contributed by atoms with Crippen molar-refractivity contribution in [1.29, 1.82) is 0 Å². The first-order valence-electron chi connectivity index (χ1n) is 10.5. The number of piperidine rings is 1. The summed E-state index contributed by atoms with van der Waals surface area (Å²) in [6.07, 6.45) is 1.33. The Hall–Kier alpha value is -3.05. The van der Waals surface area contributed by atoms with Crippen LogP contribution < -0.4 is 5.32 Å². The first-order valence-corrected chi connectivity index (χ1v) is 10.9. The first kappa shape index (κ1) is 21.2. The van der Waals surface area contributed by atoms with E-state index in [1.165, 1.54) is 0 Å². The van der Waals surface area contributed by atoms with E-state index in [9.17, 15) is 9.59 Å². The summed E-state index contributed by atoms with van der Waals surface area (Å²) in [7, 11) is 0. The summed E-state index contributed by atoms with van der Waals surface area (Å²) >= 11 is 6.16. The summed E-state index contributed by atoms with van der Waals surface area (Å²) in [5, 5.41) is 3.63. The molecule has 2 amide bonds. The SMILES string of the molecule is Cc1cc(C(=O)N2CCC(C(=O)Nc3ccccc3)CC2)c(C)n1-c1cccc(Cl)c1. The molecule has 0 saturated carbocycles. The zero-order chi connectivity index (χ0) is 22.0. The van der Waals surface area contributed by atoms with E-state index in [2.05, 4.69) is 9.88 Å². The van der Waals surface area contributed by atoms with Crippen molar-refractivity contribution in [2.24, 2.45) is 5.92 Å². The standard InChI is InChI=1S/C25H26ClN3O2/c1-17-15-23(18(2)29(17)22-10-6-7-20(26)16-22)25(31)28-13-11-19(12-14-28)24(30)27-21-8-4-3-5-9-21/h3-10,15-16,19H,11-14H2,1-2H3,(H,27,30). The van der Waals surface area contributed by atoms with Crippen LogP contribution in [0.4, 0.5) is 5.69 Å². The zero-order valence-electron chi connectivity index (χ0n) is 17.8. The lowest BCUT2D eigenvalue weighted by Crippen LogP contribution is -2.41. The predicted octanol–water partition coefficient (Wildman–Crippen LogP) is 5.24. The normalized spacial score (nSPS) is 14.5. The van der Waals surface area contributed by atoms with Gasteiger partial charge in [-0.2, -0.15) is 0 Å². The van der Waals surface area contributed by atoms with Crippen molar-refractivity contribution in [2.45, 2.75) is 26.7 Å². The molecule has 2 heterocycles. The lowest BCUT2D eigenvalue weighted by atomic mass is 9.95. The fraction of sp³-hybridized carbons (Fsp3) is 0.280. The number of carbonyl (C=O) groups is 2. The van der Waals surface area contributed by atoms with Crippen LogP contribution >= 0.6 is 11.6 Å². The van der Waals surface area contributed by atoms with Gasteiger partial charge in [-0.25, -0.2) is 0 Å². The van der Waals surface area contributed by atoms with Crippen molar-refractivity contribution < 1.29 is 9.59 Å². The number of aromatic nitrogens is 1. The summed E-state index contributed by atoms with van der Waals surface area (Å²) in [6, 6.07) is 19.0. The van der Waals surface area contributed by atoms with Crippen LogP contribution in [-0.2, 0) is 4.79 Å². The van der Waals surface area contributed by atoms with Crippen LogP contribution in [0, 0.1) is 19.8 Å². The minimum atomic E-state index is -0.0804. The van der Waals surface area contributed by atoms with E-state index < -0.39 is 0 Å². The van der Waals surface area contributed by atoms with Crippen molar-refractivity contribution >= 4 is 29.1 Å². The van der Waals surface area contributed by atoms with Crippen molar-refractivity contribution in [3.05, 3.63) is 82.6 Å². The van der Waals surface area contributed by atoms with E-state index in [1.54, 1.807) is 0 Å². The number of rotatable bonds is 4. The summed E-state index contributed by atoms with van der Waals surface area (Å²) < 4.78 is 2.05. The molecule has 160 valence electrons. The first-order chi connectivity index (χ1) is 14.9. The monoisotopic (exact) mass is 435 g/mol. The molecule has 6 heteroatoms. The van der Waals surface area contributed by atoms with Gasteiger partial charge in [0.25, 0.3) is 5.91 Å². The summed E-state index contributed by atoms with van der Waals surface area (Å²) in [5.74, 6) is -0.0381. The number of aryl methyl sites for hydroxylation is 1. The maximum Gasteiger partial charge on any atom is 0.255 e. The molecule has 3 aromatic rings. The topological polar surface area (TPSA) is 54.3 Å². The molecular weight excluding hydrogens is 410 g/mol. The number of hydrogen-bond acceptors (Lipinski definition) is 2. The third kappa shape index (κ3) is 4.52. The summed E-state index contributed by atoms with van der Waals surface area (Å²) in [6.45, 7) is 5.10. The van der Waals surface area contributed by atoms with Gasteiger partial charge in [-0.1, -0.05) is 35.9 Å². The van der Waals surface area contributed by atoms with Crippen molar-refractivity contribution in [1.82, 2.24) is 9.47 Å². The van der Waals surface area contributed by atoms with Crippen LogP contribution in [0.2, 0.25) is 5.02 Å². The summed E-state index contributed by atoms with van der Waals surface area (Å²) in [4.78, 5) is 27.7. The highest BCUT2D eigenvalue weighted by molar-refractivity contribution is 6.30. The van der Waals surface area contributed by atoms with Gasteiger partial charge in [0.1, 0.15) is 0 Å². The molecule has 0 atom stereocenters. The highest BCUT2D eigenvalue weighted by Crippen LogP contribution is 2.26.